The Hall–Kier alpha value is -1.43. The molecule has 1 saturated carbocycles. The summed E-state index contributed by atoms with van der Waals surface area (Å²) in [6.07, 6.45) is 6.06. The van der Waals surface area contributed by atoms with Crippen LogP contribution in [0.25, 0.3) is 0 Å². The highest BCUT2D eigenvalue weighted by Gasteiger charge is 2.37. The minimum absolute atomic E-state index is 0.0456. The molecule has 2 heterocycles. The molecule has 0 radical (unpaired) electrons. The average Bonchev–Trinajstić information content (AvgIpc) is 3.12. The van der Waals surface area contributed by atoms with E-state index in [0.717, 1.165) is 25.1 Å². The van der Waals surface area contributed by atoms with Crippen molar-refractivity contribution >= 4 is 28.3 Å². The van der Waals surface area contributed by atoms with Gasteiger partial charge in [0.1, 0.15) is 0 Å². The Morgan fingerprint density at radius 2 is 2.17 bits per heavy atom. The van der Waals surface area contributed by atoms with Crippen LogP contribution in [0.15, 0.2) is 0 Å². The quantitative estimate of drug-likeness (QED) is 0.921. The minimum Gasteiger partial charge on any atom is -0.342 e. The predicted molar refractivity (Wildman–Crippen MR) is 89.3 cm³/mol. The van der Waals surface area contributed by atoms with Gasteiger partial charge in [0.15, 0.2) is 5.13 Å². The normalized spacial score (nSPS) is 27.2. The smallest absolute Gasteiger partial charge is 0.231 e. The summed E-state index contributed by atoms with van der Waals surface area (Å²) in [6.45, 7) is 3.68. The van der Waals surface area contributed by atoms with Gasteiger partial charge in [-0.15, -0.1) is 11.3 Å². The van der Waals surface area contributed by atoms with Crippen LogP contribution in [0.5, 0.6) is 0 Å². The van der Waals surface area contributed by atoms with Crippen molar-refractivity contribution in [3.8, 4) is 0 Å². The van der Waals surface area contributed by atoms with E-state index in [1.165, 1.54) is 24.1 Å². The number of hydrogen-bond donors (Lipinski definition) is 1. The van der Waals surface area contributed by atoms with Gasteiger partial charge in [-0.25, -0.2) is 4.98 Å². The third-order valence-electron chi connectivity index (χ3n) is 5.18. The summed E-state index contributed by atoms with van der Waals surface area (Å²) in [4.78, 5) is 32.3. The van der Waals surface area contributed by atoms with Crippen LogP contribution in [-0.4, -0.2) is 34.8 Å². The number of carbonyl (C=O) groups is 2. The SMILES string of the molecule is C[C@H]1CCc2nc(NC(=O)[C@@H]3CC(=O)N(CC4CC4)C3)sc2C1. The predicted octanol–water partition coefficient (Wildman–Crippen LogP) is 2.46. The van der Waals surface area contributed by atoms with E-state index in [9.17, 15) is 9.59 Å². The van der Waals surface area contributed by atoms with Gasteiger partial charge in [0.2, 0.25) is 11.8 Å². The maximum atomic E-state index is 12.5. The van der Waals surface area contributed by atoms with Crippen molar-refractivity contribution in [1.82, 2.24) is 9.88 Å². The fourth-order valence-electron chi connectivity index (χ4n) is 3.54. The van der Waals surface area contributed by atoms with Crippen molar-refractivity contribution < 1.29 is 9.59 Å². The van der Waals surface area contributed by atoms with Crippen LogP contribution in [-0.2, 0) is 22.4 Å². The number of thiazole rings is 1. The first kappa shape index (κ1) is 15.1. The maximum Gasteiger partial charge on any atom is 0.231 e. The molecule has 0 unspecified atom stereocenters. The van der Waals surface area contributed by atoms with Crippen molar-refractivity contribution in [2.75, 3.05) is 18.4 Å². The number of nitrogens with zero attached hydrogens (tertiary/aromatic N) is 2. The lowest BCUT2D eigenvalue weighted by atomic mass is 9.93. The highest BCUT2D eigenvalue weighted by molar-refractivity contribution is 7.15. The van der Waals surface area contributed by atoms with Gasteiger partial charge in [-0.1, -0.05) is 6.92 Å². The number of hydrogen-bond acceptors (Lipinski definition) is 4. The molecule has 1 aromatic rings. The van der Waals surface area contributed by atoms with E-state index in [-0.39, 0.29) is 17.7 Å². The van der Waals surface area contributed by atoms with Gasteiger partial charge in [-0.2, -0.15) is 0 Å². The first-order chi connectivity index (χ1) is 11.1. The second kappa shape index (κ2) is 5.89. The lowest BCUT2D eigenvalue weighted by molar-refractivity contribution is -0.128. The summed E-state index contributed by atoms with van der Waals surface area (Å²) < 4.78 is 0. The van der Waals surface area contributed by atoms with Crippen LogP contribution in [0.1, 0.15) is 43.2 Å². The number of amides is 2. The largest absolute Gasteiger partial charge is 0.342 e. The number of aromatic nitrogens is 1. The Kier molecular flexibility index (Phi) is 3.87. The molecule has 2 aliphatic carbocycles. The van der Waals surface area contributed by atoms with Crippen LogP contribution in [0, 0.1) is 17.8 Å². The van der Waals surface area contributed by atoms with Crippen molar-refractivity contribution in [3.05, 3.63) is 10.6 Å². The Morgan fingerprint density at radius 1 is 1.35 bits per heavy atom. The second-order valence-corrected chi connectivity index (χ2v) is 8.45. The van der Waals surface area contributed by atoms with E-state index < -0.39 is 0 Å². The number of likely N-dealkylation sites (tertiary alicyclic amines) is 1. The van der Waals surface area contributed by atoms with E-state index >= 15 is 0 Å². The average molecular weight is 333 g/mol. The number of carbonyl (C=O) groups excluding carboxylic acids is 2. The number of fused-ring (bicyclic) bond motifs is 1. The zero-order valence-electron chi connectivity index (χ0n) is 13.5. The summed E-state index contributed by atoms with van der Waals surface area (Å²) in [6, 6.07) is 0. The molecule has 3 aliphatic rings. The van der Waals surface area contributed by atoms with Gasteiger partial charge in [-0.3, -0.25) is 9.59 Å². The molecular formula is C17H23N3O2S. The molecule has 1 N–H and O–H groups in total. The molecular weight excluding hydrogens is 310 g/mol. The first-order valence-electron chi connectivity index (χ1n) is 8.65. The zero-order chi connectivity index (χ0) is 16.0. The summed E-state index contributed by atoms with van der Waals surface area (Å²) in [5, 5.41) is 3.67. The topological polar surface area (TPSA) is 62.3 Å². The molecule has 0 bridgehead atoms. The molecule has 1 aliphatic heterocycles. The third-order valence-corrected chi connectivity index (χ3v) is 6.21. The third kappa shape index (κ3) is 3.27. The Bertz CT molecular complexity index is 638. The van der Waals surface area contributed by atoms with E-state index in [2.05, 4.69) is 17.2 Å². The molecule has 0 aromatic carbocycles. The molecule has 2 amide bonds. The molecule has 6 heteroatoms. The molecule has 0 spiro atoms. The Morgan fingerprint density at radius 3 is 2.96 bits per heavy atom. The van der Waals surface area contributed by atoms with Crippen molar-refractivity contribution in [3.63, 3.8) is 0 Å². The van der Waals surface area contributed by atoms with E-state index in [4.69, 9.17) is 0 Å². The van der Waals surface area contributed by atoms with Gasteiger partial charge in [0, 0.05) is 24.4 Å². The monoisotopic (exact) mass is 333 g/mol. The van der Waals surface area contributed by atoms with Gasteiger partial charge in [0.05, 0.1) is 11.6 Å². The molecule has 1 saturated heterocycles. The zero-order valence-corrected chi connectivity index (χ0v) is 14.3. The minimum atomic E-state index is -0.221. The second-order valence-electron chi connectivity index (χ2n) is 7.37. The molecule has 1 aromatic heterocycles. The van der Waals surface area contributed by atoms with Gasteiger partial charge >= 0.3 is 0 Å². The highest BCUT2D eigenvalue weighted by atomic mass is 32.1. The summed E-state index contributed by atoms with van der Waals surface area (Å²) in [5.41, 5.74) is 1.15. The highest BCUT2D eigenvalue weighted by Crippen LogP contribution is 2.34. The van der Waals surface area contributed by atoms with Crippen LogP contribution in [0.3, 0.4) is 0 Å². The fourth-order valence-corrected chi connectivity index (χ4v) is 4.71. The van der Waals surface area contributed by atoms with Gasteiger partial charge < -0.3 is 10.2 Å². The van der Waals surface area contributed by atoms with Crippen LogP contribution < -0.4 is 5.32 Å². The van der Waals surface area contributed by atoms with E-state index in [1.807, 2.05) is 4.90 Å². The number of aryl methyl sites for hydroxylation is 1. The Balaban J connectivity index is 1.37. The summed E-state index contributed by atoms with van der Waals surface area (Å²) in [7, 11) is 0. The van der Waals surface area contributed by atoms with E-state index in [1.54, 1.807) is 11.3 Å². The first-order valence-corrected chi connectivity index (χ1v) is 9.47. The standard InChI is InChI=1S/C17H23N3O2S/c1-10-2-5-13-14(6-10)23-17(18-13)19-16(22)12-7-15(21)20(9-12)8-11-3-4-11/h10-12H,2-9H2,1H3,(H,18,19,22)/t10-,12+/m0/s1. The Labute approximate surface area is 140 Å². The van der Waals surface area contributed by atoms with Crippen LogP contribution >= 0.6 is 11.3 Å². The van der Waals surface area contributed by atoms with Crippen molar-refractivity contribution in [2.45, 2.75) is 45.4 Å². The van der Waals surface area contributed by atoms with Gasteiger partial charge in [0.25, 0.3) is 0 Å². The molecule has 4 rings (SSSR count). The van der Waals surface area contributed by atoms with Crippen LogP contribution in [0.2, 0.25) is 0 Å². The number of rotatable bonds is 4. The molecule has 23 heavy (non-hydrogen) atoms. The number of anilines is 1. The fraction of sp³-hybridized carbons (Fsp3) is 0.706. The van der Waals surface area contributed by atoms with Gasteiger partial charge in [-0.05, 0) is 43.9 Å². The molecule has 5 nitrogen and oxygen atoms in total. The molecule has 2 atom stereocenters. The summed E-state index contributed by atoms with van der Waals surface area (Å²) >= 11 is 1.61. The lowest BCUT2D eigenvalue weighted by Crippen LogP contribution is -2.29. The summed E-state index contributed by atoms with van der Waals surface area (Å²) in [5.74, 6) is 1.24. The van der Waals surface area contributed by atoms with Crippen molar-refractivity contribution in [1.29, 1.82) is 0 Å². The number of nitrogens with one attached hydrogen (secondary N) is 1. The molecule has 2 fully saturated rings. The van der Waals surface area contributed by atoms with Crippen molar-refractivity contribution in [2.24, 2.45) is 17.8 Å². The van der Waals surface area contributed by atoms with E-state index in [0.29, 0.717) is 29.9 Å². The molecule has 124 valence electrons. The lowest BCUT2D eigenvalue weighted by Gasteiger charge is -2.15. The maximum absolute atomic E-state index is 12.5. The van der Waals surface area contributed by atoms with Crippen LogP contribution in [0.4, 0.5) is 5.13 Å².